The highest BCUT2D eigenvalue weighted by atomic mass is 16.5. The van der Waals surface area contributed by atoms with E-state index in [-0.39, 0.29) is 1.43 Å². The topological polar surface area (TPSA) is 51.0 Å². The van der Waals surface area contributed by atoms with E-state index in [0.29, 0.717) is 6.04 Å². The van der Waals surface area contributed by atoms with E-state index < -0.39 is 0 Å². The van der Waals surface area contributed by atoms with Gasteiger partial charge in [0.25, 0.3) is 0 Å². The normalized spacial score (nSPS) is 24.8. The summed E-state index contributed by atoms with van der Waals surface area (Å²) in [6, 6.07) is 0.665. The minimum Gasteiger partial charge on any atom is -0.343 e. The van der Waals surface area contributed by atoms with Crippen molar-refractivity contribution in [1.82, 2.24) is 15.5 Å². The number of nitrogens with zero attached hydrogens (tertiary/aromatic N) is 2. The molecule has 0 amide bonds. The van der Waals surface area contributed by atoms with E-state index in [4.69, 9.17) is 0 Å². The number of hydrogen-bond donors (Lipinski definition) is 1. The summed E-state index contributed by atoms with van der Waals surface area (Å²) in [4.78, 5) is 3.93. The fourth-order valence-corrected chi connectivity index (χ4v) is 1.57. The Kier molecular flexibility index (Phi) is 4.59. The molecule has 0 radical (unpaired) electrons. The van der Waals surface area contributed by atoms with E-state index in [9.17, 15) is 0 Å². The first kappa shape index (κ1) is 11.2. The minimum atomic E-state index is 0. The molecule has 14 heavy (non-hydrogen) atoms. The van der Waals surface area contributed by atoms with Crippen LogP contribution in [0.4, 0.5) is 0 Å². The van der Waals surface area contributed by atoms with Crippen LogP contribution in [0.1, 0.15) is 40.9 Å². The van der Waals surface area contributed by atoms with Crippen LogP contribution in [0.2, 0.25) is 0 Å². The van der Waals surface area contributed by atoms with E-state index >= 15 is 0 Å². The SMILES string of the molecule is CC.CC1CC(NCc2ncon2)C1.[HH]. The second-order valence-corrected chi connectivity index (χ2v) is 3.50. The summed E-state index contributed by atoms with van der Waals surface area (Å²) >= 11 is 0. The second-order valence-electron chi connectivity index (χ2n) is 3.50. The molecule has 4 heteroatoms. The molecule has 1 aliphatic carbocycles. The molecule has 1 aromatic heterocycles. The van der Waals surface area contributed by atoms with Gasteiger partial charge in [0.2, 0.25) is 6.39 Å². The van der Waals surface area contributed by atoms with Crippen molar-refractivity contribution in [3.05, 3.63) is 12.2 Å². The van der Waals surface area contributed by atoms with Crippen molar-refractivity contribution in [2.45, 2.75) is 46.2 Å². The highest BCUT2D eigenvalue weighted by Crippen LogP contribution is 2.26. The van der Waals surface area contributed by atoms with Crippen LogP contribution in [-0.4, -0.2) is 16.2 Å². The van der Waals surface area contributed by atoms with Gasteiger partial charge in [-0.25, -0.2) is 0 Å². The summed E-state index contributed by atoms with van der Waals surface area (Å²) in [5.74, 6) is 1.63. The zero-order valence-corrected chi connectivity index (χ0v) is 9.16. The Labute approximate surface area is 86.6 Å². The van der Waals surface area contributed by atoms with E-state index in [0.717, 1.165) is 18.3 Å². The van der Waals surface area contributed by atoms with Crippen LogP contribution in [0, 0.1) is 5.92 Å². The van der Waals surface area contributed by atoms with Crippen molar-refractivity contribution in [2.75, 3.05) is 0 Å². The molecular formula is C10H21N3O. The fourth-order valence-electron chi connectivity index (χ4n) is 1.57. The lowest BCUT2D eigenvalue weighted by Crippen LogP contribution is -2.39. The molecule has 0 spiro atoms. The third-order valence-electron chi connectivity index (χ3n) is 2.33. The number of hydrogen-bond acceptors (Lipinski definition) is 4. The molecule has 0 aromatic carbocycles. The molecule has 0 bridgehead atoms. The summed E-state index contributed by atoms with van der Waals surface area (Å²) in [6.45, 7) is 7.00. The molecule has 1 aliphatic rings. The van der Waals surface area contributed by atoms with Gasteiger partial charge < -0.3 is 9.84 Å². The minimum absolute atomic E-state index is 0. The molecular weight excluding hydrogens is 178 g/mol. The highest BCUT2D eigenvalue weighted by Gasteiger charge is 2.24. The van der Waals surface area contributed by atoms with Gasteiger partial charge in [-0.15, -0.1) is 0 Å². The van der Waals surface area contributed by atoms with Crippen molar-refractivity contribution in [1.29, 1.82) is 0 Å². The molecule has 2 rings (SSSR count). The summed E-state index contributed by atoms with van der Waals surface area (Å²) in [6.07, 6.45) is 3.91. The Morgan fingerprint density at radius 1 is 1.57 bits per heavy atom. The Hall–Kier alpha value is -0.900. The first-order valence-corrected chi connectivity index (χ1v) is 5.33. The maximum Gasteiger partial charge on any atom is 0.213 e. The second kappa shape index (κ2) is 5.75. The Balaban J connectivity index is 0.000000617. The van der Waals surface area contributed by atoms with Crippen molar-refractivity contribution < 1.29 is 5.95 Å². The molecule has 1 N–H and O–H groups in total. The maximum atomic E-state index is 4.62. The van der Waals surface area contributed by atoms with Gasteiger partial charge in [-0.3, -0.25) is 0 Å². The van der Waals surface area contributed by atoms with Gasteiger partial charge in [0, 0.05) is 7.47 Å². The largest absolute Gasteiger partial charge is 0.343 e. The van der Waals surface area contributed by atoms with Crippen LogP contribution >= 0.6 is 0 Å². The molecule has 0 atom stereocenters. The molecule has 0 saturated heterocycles. The summed E-state index contributed by atoms with van der Waals surface area (Å²) in [5.41, 5.74) is 0. The zero-order chi connectivity index (χ0) is 10.4. The third-order valence-corrected chi connectivity index (χ3v) is 2.33. The quantitative estimate of drug-likeness (QED) is 0.811. The van der Waals surface area contributed by atoms with E-state index in [2.05, 4.69) is 26.9 Å². The van der Waals surface area contributed by atoms with Gasteiger partial charge in [0.15, 0.2) is 5.82 Å². The fraction of sp³-hybridized carbons (Fsp3) is 0.800. The Morgan fingerprint density at radius 2 is 2.29 bits per heavy atom. The van der Waals surface area contributed by atoms with E-state index in [1.54, 1.807) is 0 Å². The van der Waals surface area contributed by atoms with Crippen LogP contribution in [0.3, 0.4) is 0 Å². The molecule has 1 heterocycles. The van der Waals surface area contributed by atoms with Gasteiger partial charge >= 0.3 is 0 Å². The predicted octanol–water partition coefficient (Wildman–Crippen LogP) is 2.23. The number of aromatic nitrogens is 2. The monoisotopic (exact) mass is 199 g/mol. The van der Waals surface area contributed by atoms with Crippen molar-refractivity contribution in [3.63, 3.8) is 0 Å². The summed E-state index contributed by atoms with van der Waals surface area (Å²) in [7, 11) is 0. The molecule has 1 fully saturated rings. The van der Waals surface area contributed by atoms with Gasteiger partial charge in [-0.2, -0.15) is 4.98 Å². The Bertz CT molecular complexity index is 235. The first-order valence-electron chi connectivity index (χ1n) is 5.33. The molecule has 0 unspecified atom stereocenters. The lowest BCUT2D eigenvalue weighted by atomic mass is 9.82. The van der Waals surface area contributed by atoms with E-state index in [1.807, 2.05) is 13.8 Å². The number of nitrogens with one attached hydrogen (secondary N) is 1. The first-order chi connectivity index (χ1) is 6.84. The standard InChI is InChI=1S/C8H13N3O.C2H6.H2/c1-6-2-7(3-6)9-4-8-10-5-12-11-8;1-2;/h5-7,9H,2-4H2,1H3;1-2H3;1H. The third kappa shape index (κ3) is 3.10. The van der Waals surface area contributed by atoms with Gasteiger partial charge in [-0.05, 0) is 18.8 Å². The van der Waals surface area contributed by atoms with Crippen LogP contribution in [0.15, 0.2) is 10.9 Å². The molecule has 4 nitrogen and oxygen atoms in total. The highest BCUT2D eigenvalue weighted by molar-refractivity contribution is 4.85. The van der Waals surface area contributed by atoms with Gasteiger partial charge in [-0.1, -0.05) is 25.9 Å². The van der Waals surface area contributed by atoms with Crippen LogP contribution in [-0.2, 0) is 6.54 Å². The van der Waals surface area contributed by atoms with Crippen LogP contribution in [0.25, 0.3) is 0 Å². The maximum absolute atomic E-state index is 4.62. The lowest BCUT2D eigenvalue weighted by molar-refractivity contribution is 0.238. The lowest BCUT2D eigenvalue weighted by Gasteiger charge is -2.33. The molecule has 1 saturated carbocycles. The smallest absolute Gasteiger partial charge is 0.213 e. The van der Waals surface area contributed by atoms with Crippen molar-refractivity contribution in [3.8, 4) is 0 Å². The molecule has 82 valence electrons. The van der Waals surface area contributed by atoms with Gasteiger partial charge in [0.1, 0.15) is 0 Å². The van der Waals surface area contributed by atoms with Crippen LogP contribution < -0.4 is 5.32 Å². The summed E-state index contributed by atoms with van der Waals surface area (Å²) in [5, 5.41) is 7.08. The van der Waals surface area contributed by atoms with Crippen molar-refractivity contribution >= 4 is 0 Å². The molecule has 1 aromatic rings. The average molecular weight is 199 g/mol. The van der Waals surface area contributed by atoms with Gasteiger partial charge in [0.05, 0.1) is 6.54 Å². The van der Waals surface area contributed by atoms with Crippen LogP contribution in [0.5, 0.6) is 0 Å². The Morgan fingerprint density at radius 3 is 2.79 bits per heavy atom. The predicted molar refractivity (Wildman–Crippen MR) is 56.8 cm³/mol. The zero-order valence-electron chi connectivity index (χ0n) is 9.16. The number of rotatable bonds is 3. The van der Waals surface area contributed by atoms with E-state index in [1.165, 1.54) is 19.2 Å². The van der Waals surface area contributed by atoms with Crippen molar-refractivity contribution in [2.24, 2.45) is 5.92 Å². The molecule has 0 aliphatic heterocycles. The average Bonchev–Trinajstić information content (AvgIpc) is 2.66. The summed E-state index contributed by atoms with van der Waals surface area (Å²) < 4.78 is 4.62.